The van der Waals surface area contributed by atoms with Gasteiger partial charge in [-0.1, -0.05) is 88.1 Å². The number of nitrogens with zero attached hydrogens (tertiary/aromatic N) is 7. The average molecular weight is 1900 g/mol. The number of aromatic nitrogens is 4. The molecule has 3 aliphatic heterocycles. The minimum atomic E-state index is -2.00. The number of para-hydroxylation sites is 2. The lowest BCUT2D eigenvalue weighted by atomic mass is 10.00. The van der Waals surface area contributed by atoms with Gasteiger partial charge in [-0.15, -0.1) is 0 Å². The zero-order valence-electron chi connectivity index (χ0n) is 76.6. The van der Waals surface area contributed by atoms with Crippen LogP contribution < -0.4 is 70.0 Å². The number of carboxylic acids is 2. The number of phenols is 1. The number of aliphatic carboxylic acids is 2. The Balaban J connectivity index is 1.09. The van der Waals surface area contributed by atoms with Gasteiger partial charge < -0.3 is 135 Å². The number of primary amides is 2. The van der Waals surface area contributed by atoms with E-state index < -0.39 is 281 Å². The predicted molar refractivity (Wildman–Crippen MR) is 485 cm³/mol. The molecule has 136 heavy (non-hydrogen) atoms. The Morgan fingerprint density at radius 1 is 0.544 bits per heavy atom. The van der Waals surface area contributed by atoms with Crippen LogP contribution in [0.1, 0.15) is 134 Å². The van der Waals surface area contributed by atoms with Crippen LogP contribution in [-0.2, 0) is 123 Å². The van der Waals surface area contributed by atoms with E-state index in [4.69, 9.17) is 11.5 Å². The van der Waals surface area contributed by atoms with Gasteiger partial charge in [-0.2, -0.15) is 0 Å². The number of aliphatic hydroxyl groups is 2. The molecular formula is C90H122N22O24. The molecule has 46 heteroatoms. The Bertz CT molecular complexity index is 5340. The van der Waals surface area contributed by atoms with Gasteiger partial charge in [0.15, 0.2) is 0 Å². The maximum absolute atomic E-state index is 15.8. The number of carbonyl (C=O) groups is 19. The van der Waals surface area contributed by atoms with Gasteiger partial charge in [-0.25, -0.2) is 4.98 Å². The number of phenolic OH excluding ortho intramolecular Hbond substituents is 1. The molecule has 46 nitrogen and oxygen atoms in total. The van der Waals surface area contributed by atoms with Gasteiger partial charge in [0, 0.05) is 119 Å². The number of fused-ring (bicyclic) bond motifs is 4. The van der Waals surface area contributed by atoms with Crippen LogP contribution in [0, 0.1) is 0 Å². The SMILES string of the molecule is CCCC[C@H]1C(=O)N(C)[C@@H](CCCC)C(=O)N[C@@H](C)C(=O)N[C@H](C(=O)NCC(N)=O)CCNCC(=O)N[C@@H](Cc2ccc(O)cc2)C(=O)N(C)[C@@H](C)C(=O)N[C@@H](CC(=O)O)C(=O)N2CCC[C@H]2C(=O)N[C@@H](Cc2cnc[nH]2)C(=O)N[C@@H](CCC(N)=O)C(=O)N2C[C@H](O)C[C@H]2C(=O)N[C@@H](Cc2c[nH]c3ccccc23)C(=O)N[C@@H](CO)C(=O)N[C@@H](Cc2cn(CC(=O)O)c3ccccc23)C(=O)N1C. The molecule has 0 radical (unpaired) electrons. The van der Waals surface area contributed by atoms with E-state index in [1.165, 1.54) is 88.7 Å². The first-order valence-corrected chi connectivity index (χ1v) is 45.0. The summed E-state index contributed by atoms with van der Waals surface area (Å²) in [5.74, 6) is -20.1. The number of likely N-dealkylation sites (N-methyl/N-ethyl adjacent to an activating group) is 3. The second-order valence-corrected chi connectivity index (χ2v) is 34.3. The number of benzene rings is 3. The molecule has 6 heterocycles. The molecule has 15 atom stereocenters. The monoisotopic (exact) mass is 1890 g/mol. The number of aromatic hydroxyl groups is 1. The van der Waals surface area contributed by atoms with E-state index in [0.29, 0.717) is 57.8 Å². The third kappa shape index (κ3) is 28.6. The Labute approximate surface area is 781 Å². The number of nitrogens with two attached hydrogens (primary N) is 2. The molecule has 3 aromatic carbocycles. The predicted octanol–water partition coefficient (Wildman–Crippen LogP) is -4.55. The number of amides is 17. The second-order valence-electron chi connectivity index (χ2n) is 34.3. The number of rotatable bonds is 25. The van der Waals surface area contributed by atoms with Crippen LogP contribution in [0.2, 0.25) is 0 Å². The van der Waals surface area contributed by atoms with Gasteiger partial charge in [0.25, 0.3) is 0 Å². The molecule has 0 bridgehead atoms. The summed E-state index contributed by atoms with van der Waals surface area (Å²) in [6, 6.07) is -4.18. The Morgan fingerprint density at radius 2 is 1.13 bits per heavy atom. The third-order valence-electron chi connectivity index (χ3n) is 24.3. The van der Waals surface area contributed by atoms with Gasteiger partial charge in [-0.3, -0.25) is 91.1 Å². The van der Waals surface area contributed by atoms with Gasteiger partial charge >= 0.3 is 11.9 Å². The van der Waals surface area contributed by atoms with Crippen LogP contribution in [-0.4, -0.2) is 333 Å². The molecule has 9 rings (SSSR count). The normalized spacial score (nSPS) is 24.7. The van der Waals surface area contributed by atoms with Crippen LogP contribution in [0.25, 0.3) is 21.8 Å². The zero-order chi connectivity index (χ0) is 99.5. The number of aromatic amines is 2. The van der Waals surface area contributed by atoms with Crippen molar-refractivity contribution in [1.82, 2.24) is 103 Å². The van der Waals surface area contributed by atoms with E-state index in [0.717, 1.165) is 24.5 Å². The number of unbranched alkanes of at least 4 members (excludes halogenated alkanes) is 2. The Hall–Kier alpha value is -14.4. The second kappa shape index (κ2) is 49.5. The van der Waals surface area contributed by atoms with Crippen molar-refractivity contribution in [2.45, 2.75) is 234 Å². The van der Waals surface area contributed by atoms with Gasteiger partial charge in [0.1, 0.15) is 96.9 Å². The maximum atomic E-state index is 15.8. The number of carbonyl (C=O) groups excluding carboxylic acids is 17. The topological polar surface area (TPSA) is 675 Å². The van der Waals surface area contributed by atoms with Crippen molar-refractivity contribution in [2.24, 2.45) is 11.5 Å². The first-order chi connectivity index (χ1) is 64.7. The van der Waals surface area contributed by atoms with Crippen molar-refractivity contribution in [3.05, 3.63) is 120 Å². The van der Waals surface area contributed by atoms with Crippen LogP contribution in [0.3, 0.4) is 0 Å². The van der Waals surface area contributed by atoms with Crippen LogP contribution in [0.15, 0.2) is 97.7 Å². The molecule has 3 fully saturated rings. The van der Waals surface area contributed by atoms with Crippen LogP contribution in [0.4, 0.5) is 0 Å². The summed E-state index contributed by atoms with van der Waals surface area (Å²) < 4.78 is 1.39. The third-order valence-corrected chi connectivity index (χ3v) is 24.3. The summed E-state index contributed by atoms with van der Waals surface area (Å²) in [5.41, 5.74) is 13.3. The maximum Gasteiger partial charge on any atom is 0.323 e. The van der Waals surface area contributed by atoms with Crippen molar-refractivity contribution >= 4 is 134 Å². The number of hydrogen-bond donors (Lipinski definition) is 20. The number of imidazole rings is 1. The number of H-pyrrole nitrogens is 2. The van der Waals surface area contributed by atoms with Crippen LogP contribution >= 0.6 is 0 Å². The van der Waals surface area contributed by atoms with Gasteiger partial charge in [0.2, 0.25) is 100 Å². The van der Waals surface area contributed by atoms with Crippen molar-refractivity contribution in [2.75, 3.05) is 60.5 Å². The summed E-state index contributed by atoms with van der Waals surface area (Å²) in [5, 5.41) is 82.4. The zero-order valence-corrected chi connectivity index (χ0v) is 76.6. The molecule has 0 aliphatic carbocycles. The molecule has 0 spiro atoms. The highest BCUT2D eigenvalue weighted by molar-refractivity contribution is 6.03. The lowest BCUT2D eigenvalue weighted by molar-refractivity contribution is -0.149. The molecule has 0 saturated carbocycles. The van der Waals surface area contributed by atoms with Crippen molar-refractivity contribution in [1.29, 1.82) is 0 Å². The van der Waals surface area contributed by atoms with E-state index in [-0.39, 0.29) is 69.5 Å². The summed E-state index contributed by atoms with van der Waals surface area (Å²) >= 11 is 0. The fourth-order valence-corrected chi connectivity index (χ4v) is 16.7. The molecule has 3 aromatic heterocycles. The number of aliphatic hydroxyl groups excluding tert-OH is 2. The largest absolute Gasteiger partial charge is 0.508 e. The lowest BCUT2D eigenvalue weighted by Crippen LogP contribution is -2.61. The van der Waals surface area contributed by atoms with Crippen molar-refractivity contribution in [3.8, 4) is 5.75 Å². The highest BCUT2D eigenvalue weighted by Gasteiger charge is 2.47. The summed E-state index contributed by atoms with van der Waals surface area (Å²) in [4.78, 5) is 288. The molecular weight excluding hydrogens is 1770 g/mol. The van der Waals surface area contributed by atoms with Crippen molar-refractivity contribution in [3.63, 3.8) is 0 Å². The number of hydrogen-bond acceptors (Lipinski definition) is 24. The quantitative estimate of drug-likeness (QED) is 0.0257. The molecule has 0 unspecified atom stereocenters. The smallest absolute Gasteiger partial charge is 0.323 e. The van der Waals surface area contributed by atoms with Crippen molar-refractivity contribution < 1.29 is 117 Å². The molecule has 3 saturated heterocycles. The summed E-state index contributed by atoms with van der Waals surface area (Å²) in [6.07, 6.45) is 0.920. The first-order valence-electron chi connectivity index (χ1n) is 45.0. The molecule has 17 amide bonds. The standard InChI is InChI=1S/C90H122N22O24/c1-8-10-20-68-83(129)98-48(3)77(123)100-59(79(125)96-41-73(92)117)30-31-93-42-74(118)99-63(33-50-24-26-54(114)27-25-50)86(132)107(5)49(4)78(124)104-65(38-75(119)120)89(135)111-32-16-23-69(111)84(130)103-62(36-53-40-94-47-97-53)81(127)101-60(28-29-72(91)116)88(134)112-44-55(115)37-71(112)85(131)102-61(34-51-39-95-58-19-14-12-17-56(51)58)80(126)106-66(46-113)82(128)105-64(87(133)109(7)70(21-11-9-2)90(136)108(68)6)35-52-43-110(45-76(121)122)67-22-15-13-18-57(52)67/h12-15,17-19,22,24-27,39-40,43,47-49,55,59-66,68-71,93,95,113-115H,8-11,16,20-21,23,28-38,41-42,44-46H2,1-7H3,(H2,91,116)(H2,92,117)(H,94,97)(H,96,125)(H,98,129)(H,99,118)(H,100,123)(H,101,127)(H,102,131)(H,103,130)(H,104,124)(H,105,128)(H,106,126)(H,119,120)(H,121,122)/t48-,49-,55+,59-,60-,61-,62-,63-,64-,65-,66-,68-,69-,70-,71-/m0/s1. The fraction of sp³-hybridized carbons (Fsp3) is 0.511. The molecule has 736 valence electrons. The summed E-state index contributed by atoms with van der Waals surface area (Å²) in [7, 11) is 3.77. The van der Waals surface area contributed by atoms with E-state index >= 15 is 33.6 Å². The minimum Gasteiger partial charge on any atom is -0.508 e. The van der Waals surface area contributed by atoms with E-state index in [1.807, 2.05) is 13.8 Å². The Morgan fingerprint density at radius 3 is 1.78 bits per heavy atom. The van der Waals surface area contributed by atoms with Gasteiger partial charge in [0.05, 0.1) is 38.5 Å². The molecule has 22 N–H and O–H groups in total. The number of carboxylic acid groups (broad SMARTS) is 2. The van der Waals surface area contributed by atoms with E-state index in [1.54, 1.807) is 48.5 Å². The first kappa shape index (κ1) is 105. The summed E-state index contributed by atoms with van der Waals surface area (Å²) in [6.45, 7) is 2.01. The average Bonchev–Trinajstić information content (AvgIpc) is 1.64. The highest BCUT2D eigenvalue weighted by atomic mass is 16.4. The molecule has 6 aromatic rings. The van der Waals surface area contributed by atoms with Crippen LogP contribution in [0.5, 0.6) is 5.75 Å². The minimum absolute atomic E-state index is 0.0203. The molecule has 3 aliphatic rings. The highest BCUT2D eigenvalue weighted by Crippen LogP contribution is 2.29. The van der Waals surface area contributed by atoms with E-state index in [2.05, 4.69) is 73.4 Å². The van der Waals surface area contributed by atoms with Gasteiger partial charge in [-0.05, 0) is 99.9 Å². The fourth-order valence-electron chi connectivity index (χ4n) is 16.7. The lowest BCUT2D eigenvalue weighted by Gasteiger charge is -2.36. The van der Waals surface area contributed by atoms with E-state index in [9.17, 15) is 83.1 Å². The number of nitrogens with one attached hydrogen (secondary N) is 13. The Kier molecular flexibility index (Phi) is 38.3.